The summed E-state index contributed by atoms with van der Waals surface area (Å²) in [6, 6.07) is 3.53. The predicted molar refractivity (Wildman–Crippen MR) is 55.0 cm³/mol. The zero-order chi connectivity index (χ0) is 9.97. The van der Waals surface area contributed by atoms with Gasteiger partial charge in [0.1, 0.15) is 5.15 Å². The molecule has 0 aliphatic rings. The third-order valence-electron chi connectivity index (χ3n) is 1.88. The summed E-state index contributed by atoms with van der Waals surface area (Å²) in [7, 11) is 0. The average molecular weight is 206 g/mol. The molecule has 0 aliphatic carbocycles. The lowest BCUT2D eigenvalue weighted by atomic mass is 10.1. The van der Waals surface area contributed by atoms with Gasteiger partial charge >= 0.3 is 0 Å². The summed E-state index contributed by atoms with van der Waals surface area (Å²) >= 11 is 5.78. The smallest absolute Gasteiger partial charge is 0.161 e. The second kappa shape index (κ2) is 3.72. The second-order valence-corrected chi connectivity index (χ2v) is 3.28. The Morgan fingerprint density at radius 2 is 2.07 bits per heavy atom. The number of aryl methyl sites for hydroxylation is 1. The molecule has 0 amide bonds. The minimum Gasteiger partial charge on any atom is -0.264 e. The molecule has 0 saturated heterocycles. The van der Waals surface area contributed by atoms with Crippen LogP contribution in [0.3, 0.4) is 0 Å². The van der Waals surface area contributed by atoms with E-state index in [-0.39, 0.29) is 0 Å². The van der Waals surface area contributed by atoms with E-state index in [1.807, 2.05) is 13.0 Å². The molecule has 0 atom stereocenters. The zero-order valence-corrected chi connectivity index (χ0v) is 8.36. The van der Waals surface area contributed by atoms with Crippen LogP contribution in [0.4, 0.5) is 0 Å². The molecular formula is C10H8ClN3. The molecule has 70 valence electrons. The van der Waals surface area contributed by atoms with Gasteiger partial charge in [-0.1, -0.05) is 11.6 Å². The molecule has 0 spiro atoms. The maximum atomic E-state index is 5.78. The molecule has 2 rings (SSSR count). The highest BCUT2D eigenvalue weighted by molar-refractivity contribution is 6.29. The van der Waals surface area contributed by atoms with Crippen molar-refractivity contribution < 1.29 is 0 Å². The number of pyridine rings is 1. The fourth-order valence-electron chi connectivity index (χ4n) is 1.19. The molecule has 2 aromatic heterocycles. The third kappa shape index (κ3) is 1.72. The molecular weight excluding hydrogens is 198 g/mol. The van der Waals surface area contributed by atoms with E-state index >= 15 is 0 Å². The number of halogens is 1. The minimum atomic E-state index is 0.450. The van der Waals surface area contributed by atoms with Crippen LogP contribution in [-0.4, -0.2) is 15.0 Å². The summed E-state index contributed by atoms with van der Waals surface area (Å²) in [4.78, 5) is 12.3. The third-order valence-corrected chi connectivity index (χ3v) is 2.09. The van der Waals surface area contributed by atoms with Crippen molar-refractivity contribution in [2.24, 2.45) is 0 Å². The van der Waals surface area contributed by atoms with Crippen LogP contribution in [0.5, 0.6) is 0 Å². The van der Waals surface area contributed by atoms with Gasteiger partial charge in [0.2, 0.25) is 0 Å². The number of nitrogens with zero attached hydrogens (tertiary/aromatic N) is 3. The highest BCUT2D eigenvalue weighted by atomic mass is 35.5. The minimum absolute atomic E-state index is 0.450. The van der Waals surface area contributed by atoms with Crippen molar-refractivity contribution in [2.45, 2.75) is 6.92 Å². The van der Waals surface area contributed by atoms with Gasteiger partial charge in [0.25, 0.3) is 0 Å². The van der Waals surface area contributed by atoms with Crippen LogP contribution in [0.15, 0.2) is 30.7 Å². The van der Waals surface area contributed by atoms with Crippen LogP contribution in [0.1, 0.15) is 5.56 Å². The van der Waals surface area contributed by atoms with Crippen LogP contribution >= 0.6 is 11.6 Å². The van der Waals surface area contributed by atoms with Crippen molar-refractivity contribution in [3.8, 4) is 11.4 Å². The molecule has 2 aromatic rings. The van der Waals surface area contributed by atoms with Gasteiger partial charge in [0.05, 0.1) is 0 Å². The van der Waals surface area contributed by atoms with E-state index in [1.54, 1.807) is 24.7 Å². The Morgan fingerprint density at radius 3 is 2.79 bits per heavy atom. The molecule has 4 heteroatoms. The van der Waals surface area contributed by atoms with Crippen molar-refractivity contribution in [1.82, 2.24) is 15.0 Å². The lowest BCUT2D eigenvalue weighted by Crippen LogP contribution is -1.91. The van der Waals surface area contributed by atoms with Crippen molar-refractivity contribution >= 4 is 11.6 Å². The summed E-state index contributed by atoms with van der Waals surface area (Å²) in [6.07, 6.45) is 5.14. The molecule has 0 fully saturated rings. The summed E-state index contributed by atoms with van der Waals surface area (Å²) in [6.45, 7) is 1.96. The zero-order valence-electron chi connectivity index (χ0n) is 7.61. The van der Waals surface area contributed by atoms with Crippen molar-refractivity contribution in [3.63, 3.8) is 0 Å². The van der Waals surface area contributed by atoms with E-state index in [4.69, 9.17) is 11.6 Å². The lowest BCUT2D eigenvalue weighted by Gasteiger charge is -2.02. The van der Waals surface area contributed by atoms with Gasteiger partial charge < -0.3 is 0 Å². The van der Waals surface area contributed by atoms with E-state index in [9.17, 15) is 0 Å². The van der Waals surface area contributed by atoms with Crippen LogP contribution in [0, 0.1) is 6.92 Å². The number of hydrogen-bond donors (Lipinski definition) is 0. The second-order valence-electron chi connectivity index (χ2n) is 2.89. The topological polar surface area (TPSA) is 38.7 Å². The van der Waals surface area contributed by atoms with Gasteiger partial charge in [-0.15, -0.1) is 0 Å². The van der Waals surface area contributed by atoms with Crippen LogP contribution in [0.2, 0.25) is 5.15 Å². The first kappa shape index (κ1) is 9.09. The summed E-state index contributed by atoms with van der Waals surface area (Å²) < 4.78 is 0. The average Bonchev–Trinajstić information content (AvgIpc) is 2.18. The van der Waals surface area contributed by atoms with Crippen LogP contribution < -0.4 is 0 Å². The van der Waals surface area contributed by atoms with Crippen LogP contribution in [-0.2, 0) is 0 Å². The maximum Gasteiger partial charge on any atom is 0.161 e. The maximum absolute atomic E-state index is 5.78. The predicted octanol–water partition coefficient (Wildman–Crippen LogP) is 2.50. The molecule has 0 saturated carbocycles. The molecule has 0 unspecified atom stereocenters. The standard InChI is InChI=1S/C10H8ClN3/c1-7-6-12-4-2-8(7)10-13-5-3-9(11)14-10/h2-6H,1H3. The fraction of sp³-hybridized carbons (Fsp3) is 0.100. The first-order chi connectivity index (χ1) is 6.77. The van der Waals surface area contributed by atoms with Crippen LogP contribution in [0.25, 0.3) is 11.4 Å². The monoisotopic (exact) mass is 205 g/mol. The van der Waals surface area contributed by atoms with Crippen molar-refractivity contribution in [3.05, 3.63) is 41.4 Å². The molecule has 0 aliphatic heterocycles. The van der Waals surface area contributed by atoms with E-state index in [2.05, 4.69) is 15.0 Å². The Labute approximate surface area is 86.8 Å². The van der Waals surface area contributed by atoms with Gasteiger partial charge in [-0.3, -0.25) is 4.98 Å². The van der Waals surface area contributed by atoms with Crippen molar-refractivity contribution in [2.75, 3.05) is 0 Å². The first-order valence-electron chi connectivity index (χ1n) is 4.17. The molecule has 0 aromatic carbocycles. The molecule has 0 bridgehead atoms. The quantitative estimate of drug-likeness (QED) is 0.672. The summed E-state index contributed by atoms with van der Waals surface area (Å²) in [5.41, 5.74) is 2.00. The Balaban J connectivity index is 2.55. The first-order valence-corrected chi connectivity index (χ1v) is 4.55. The van der Waals surface area contributed by atoms with E-state index in [0.29, 0.717) is 11.0 Å². The largest absolute Gasteiger partial charge is 0.264 e. The van der Waals surface area contributed by atoms with Crippen molar-refractivity contribution in [1.29, 1.82) is 0 Å². The van der Waals surface area contributed by atoms with Gasteiger partial charge in [0, 0.05) is 24.2 Å². The summed E-state index contributed by atoms with van der Waals surface area (Å²) in [5.74, 6) is 0.636. The normalized spacial score (nSPS) is 10.1. The molecule has 3 nitrogen and oxygen atoms in total. The highest BCUT2D eigenvalue weighted by Gasteiger charge is 2.04. The van der Waals surface area contributed by atoms with E-state index in [1.165, 1.54) is 0 Å². The van der Waals surface area contributed by atoms with Gasteiger partial charge in [0.15, 0.2) is 5.82 Å². The van der Waals surface area contributed by atoms with E-state index in [0.717, 1.165) is 11.1 Å². The van der Waals surface area contributed by atoms with Gasteiger partial charge in [-0.25, -0.2) is 9.97 Å². The Morgan fingerprint density at radius 1 is 1.21 bits per heavy atom. The summed E-state index contributed by atoms with van der Waals surface area (Å²) in [5, 5.41) is 0.450. The Hall–Kier alpha value is -1.48. The Kier molecular flexibility index (Phi) is 2.41. The fourth-order valence-corrected chi connectivity index (χ4v) is 1.33. The molecule has 14 heavy (non-hydrogen) atoms. The molecule has 0 N–H and O–H groups in total. The molecule has 2 heterocycles. The molecule has 0 radical (unpaired) electrons. The number of aromatic nitrogens is 3. The van der Waals surface area contributed by atoms with Gasteiger partial charge in [-0.05, 0) is 24.6 Å². The number of rotatable bonds is 1. The number of hydrogen-bond acceptors (Lipinski definition) is 3. The highest BCUT2D eigenvalue weighted by Crippen LogP contribution is 2.18. The van der Waals surface area contributed by atoms with Gasteiger partial charge in [-0.2, -0.15) is 0 Å². The SMILES string of the molecule is Cc1cnccc1-c1nccc(Cl)n1. The Bertz CT molecular complexity index is 457. The lowest BCUT2D eigenvalue weighted by molar-refractivity contribution is 1.15. The van der Waals surface area contributed by atoms with E-state index < -0.39 is 0 Å².